The van der Waals surface area contributed by atoms with Gasteiger partial charge in [-0.05, 0) is 6.42 Å². The van der Waals surface area contributed by atoms with E-state index in [1.807, 2.05) is 0 Å². The van der Waals surface area contributed by atoms with Gasteiger partial charge in [-0.3, -0.25) is 20.6 Å². The number of hydrogen-bond donors (Lipinski definition) is 5. The monoisotopic (exact) mass is 194 g/mol. The molecule has 0 aliphatic carbocycles. The van der Waals surface area contributed by atoms with Crippen molar-refractivity contribution in [3.8, 4) is 0 Å². The molecule has 0 bridgehead atoms. The second-order valence-corrected chi connectivity index (χ2v) is 4.01. The molecule has 9 N–H and O–H groups in total. The number of rotatable bonds is 5. The summed E-state index contributed by atoms with van der Waals surface area (Å²) in [7, 11) is -3.09. The molecule has 72 valence electrons. The van der Waals surface area contributed by atoms with Crippen molar-refractivity contribution in [2.45, 2.75) is 6.42 Å². The Morgan fingerprint density at radius 3 is 2.42 bits per heavy atom. The van der Waals surface area contributed by atoms with Crippen molar-refractivity contribution in [1.29, 1.82) is 0 Å². The lowest BCUT2D eigenvalue weighted by molar-refractivity contribution is 0.565. The van der Waals surface area contributed by atoms with E-state index in [1.54, 1.807) is 0 Å². The van der Waals surface area contributed by atoms with Crippen LogP contribution in [-0.4, -0.2) is 19.0 Å². The Hall–Kier alpha value is -0.620. The van der Waals surface area contributed by atoms with E-state index < -0.39 is 7.59 Å². The van der Waals surface area contributed by atoms with Crippen LogP contribution in [0.1, 0.15) is 6.42 Å². The van der Waals surface area contributed by atoms with E-state index in [0.717, 1.165) is 0 Å². The number of hydrogen-bond acceptors (Lipinski definition) is 2. The molecule has 8 heteroatoms. The first-order chi connectivity index (χ1) is 5.42. The van der Waals surface area contributed by atoms with Crippen molar-refractivity contribution < 1.29 is 4.57 Å². The molecule has 0 amide bonds. The van der Waals surface area contributed by atoms with Crippen LogP contribution in [0.15, 0.2) is 4.99 Å². The van der Waals surface area contributed by atoms with Crippen LogP contribution in [0.3, 0.4) is 0 Å². The summed E-state index contributed by atoms with van der Waals surface area (Å²) < 4.78 is 10.7. The number of aliphatic imine (C=N–C) groups is 1. The van der Waals surface area contributed by atoms with Gasteiger partial charge < -0.3 is 11.5 Å². The average Bonchev–Trinajstić information content (AvgIpc) is 1.83. The van der Waals surface area contributed by atoms with Gasteiger partial charge in [-0.25, -0.2) is 5.09 Å². The fraction of sp³-hybridized carbons (Fsp3) is 0.750. The quantitative estimate of drug-likeness (QED) is 0.152. The van der Waals surface area contributed by atoms with Gasteiger partial charge in [0.05, 0.1) is 0 Å². The van der Waals surface area contributed by atoms with Crippen molar-refractivity contribution >= 4 is 13.6 Å². The lowest BCUT2D eigenvalue weighted by Gasteiger charge is -2.06. The zero-order chi connectivity index (χ0) is 9.61. The first-order valence-electron chi connectivity index (χ1n) is 3.39. The van der Waals surface area contributed by atoms with E-state index in [1.165, 1.54) is 0 Å². The summed E-state index contributed by atoms with van der Waals surface area (Å²) in [5.74, 6) is 0.0404. The molecule has 0 unspecified atom stereocenters. The zero-order valence-corrected chi connectivity index (χ0v) is 7.63. The molecule has 0 rings (SSSR count). The zero-order valence-electron chi connectivity index (χ0n) is 6.73. The molecule has 0 spiro atoms. The van der Waals surface area contributed by atoms with Gasteiger partial charge >= 0.3 is 0 Å². The Balaban J connectivity index is 3.35. The van der Waals surface area contributed by atoms with Crippen LogP contribution in [0.4, 0.5) is 0 Å². The smallest absolute Gasteiger partial charge is 0.273 e. The van der Waals surface area contributed by atoms with E-state index in [0.29, 0.717) is 19.5 Å². The van der Waals surface area contributed by atoms with E-state index in [-0.39, 0.29) is 5.96 Å². The first-order valence-corrected chi connectivity index (χ1v) is 5.24. The minimum absolute atomic E-state index is 0.0404. The van der Waals surface area contributed by atoms with Crippen molar-refractivity contribution in [3.05, 3.63) is 0 Å². The highest BCUT2D eigenvalue weighted by atomic mass is 31.2. The maximum absolute atomic E-state index is 10.7. The van der Waals surface area contributed by atoms with E-state index >= 15 is 0 Å². The summed E-state index contributed by atoms with van der Waals surface area (Å²) in [6.45, 7) is 0.899. The van der Waals surface area contributed by atoms with Gasteiger partial charge in [-0.1, -0.05) is 0 Å². The number of guanidine groups is 1. The van der Waals surface area contributed by atoms with Gasteiger partial charge in [0, 0.05) is 13.1 Å². The summed E-state index contributed by atoms with van der Waals surface area (Å²) in [6.07, 6.45) is 0.635. The first kappa shape index (κ1) is 11.4. The van der Waals surface area contributed by atoms with Gasteiger partial charge in [0.1, 0.15) is 0 Å². The van der Waals surface area contributed by atoms with Gasteiger partial charge in [-0.15, -0.1) is 0 Å². The van der Waals surface area contributed by atoms with Crippen LogP contribution in [-0.2, 0) is 4.57 Å². The van der Waals surface area contributed by atoms with Crippen molar-refractivity contribution in [1.82, 2.24) is 5.09 Å². The van der Waals surface area contributed by atoms with Gasteiger partial charge in [0.25, 0.3) is 7.59 Å². The molecular formula is C4H15N6OP. The number of nitrogens with two attached hydrogens (primary N) is 4. The Bertz CT molecular complexity index is 194. The molecule has 7 nitrogen and oxygen atoms in total. The fourth-order valence-electron chi connectivity index (χ4n) is 0.541. The summed E-state index contributed by atoms with van der Waals surface area (Å²) in [5, 5.41) is 2.46. The third kappa shape index (κ3) is 9.38. The molecule has 0 saturated carbocycles. The largest absolute Gasteiger partial charge is 0.370 e. The maximum atomic E-state index is 10.7. The molecule has 0 aromatic rings. The van der Waals surface area contributed by atoms with Crippen molar-refractivity contribution in [2.24, 2.45) is 27.5 Å². The highest BCUT2D eigenvalue weighted by molar-refractivity contribution is 7.56. The van der Waals surface area contributed by atoms with Gasteiger partial charge in [-0.2, -0.15) is 0 Å². The van der Waals surface area contributed by atoms with Crippen LogP contribution in [0.25, 0.3) is 0 Å². The highest BCUT2D eigenvalue weighted by Crippen LogP contribution is 2.16. The van der Waals surface area contributed by atoms with Crippen molar-refractivity contribution in [2.75, 3.05) is 13.1 Å². The fourth-order valence-corrected chi connectivity index (χ4v) is 1.05. The molecule has 0 radical (unpaired) electrons. The Labute approximate surface area is 71.1 Å². The van der Waals surface area contributed by atoms with E-state index in [9.17, 15) is 4.57 Å². The second kappa shape index (κ2) is 5.10. The van der Waals surface area contributed by atoms with Gasteiger partial charge in [0.2, 0.25) is 0 Å². The molecule has 0 atom stereocenters. The molecule has 0 aliphatic rings. The van der Waals surface area contributed by atoms with Crippen LogP contribution in [0.2, 0.25) is 0 Å². The topological polar surface area (TPSA) is 146 Å². The second-order valence-electron chi connectivity index (χ2n) is 2.28. The maximum Gasteiger partial charge on any atom is 0.273 e. The SMILES string of the molecule is NC(N)=NCCCNP(N)(N)=O. The predicted octanol–water partition coefficient (Wildman–Crippen LogP) is -1.73. The lowest BCUT2D eigenvalue weighted by atomic mass is 10.4. The van der Waals surface area contributed by atoms with Gasteiger partial charge in [0.15, 0.2) is 5.96 Å². The summed E-state index contributed by atoms with van der Waals surface area (Å²) in [6, 6.07) is 0. The minimum atomic E-state index is -3.09. The number of nitrogens with zero attached hydrogens (tertiary/aromatic N) is 1. The average molecular weight is 194 g/mol. The molecular weight excluding hydrogens is 179 g/mol. The Morgan fingerprint density at radius 2 is 2.00 bits per heavy atom. The highest BCUT2D eigenvalue weighted by Gasteiger charge is 2.04. The molecule has 0 aromatic heterocycles. The molecule has 0 heterocycles. The summed E-state index contributed by atoms with van der Waals surface area (Å²) in [5.41, 5.74) is 20.2. The third-order valence-electron chi connectivity index (χ3n) is 0.988. The molecule has 0 aliphatic heterocycles. The van der Waals surface area contributed by atoms with Crippen LogP contribution < -0.4 is 27.6 Å². The minimum Gasteiger partial charge on any atom is -0.370 e. The predicted molar refractivity (Wildman–Crippen MR) is 49.3 cm³/mol. The Kier molecular flexibility index (Phi) is 4.84. The summed E-state index contributed by atoms with van der Waals surface area (Å²) >= 11 is 0. The van der Waals surface area contributed by atoms with Crippen LogP contribution >= 0.6 is 7.59 Å². The molecule has 0 fully saturated rings. The Morgan fingerprint density at radius 1 is 1.42 bits per heavy atom. The van der Waals surface area contributed by atoms with Crippen molar-refractivity contribution in [3.63, 3.8) is 0 Å². The molecule has 0 aromatic carbocycles. The van der Waals surface area contributed by atoms with Crippen LogP contribution in [0.5, 0.6) is 0 Å². The molecule has 12 heavy (non-hydrogen) atoms. The molecule has 0 saturated heterocycles. The summed E-state index contributed by atoms with van der Waals surface area (Å²) in [4.78, 5) is 3.71. The standard InChI is InChI=1S/C4H15N6OP/c5-4(6)9-2-1-3-10-12(7,8)11/h1-3H2,(H4,5,6,9)(H5,7,8,10,11). The van der Waals surface area contributed by atoms with Crippen LogP contribution in [0, 0.1) is 0 Å². The number of nitrogens with one attached hydrogen (secondary N) is 1. The normalized spacial score (nSPS) is 11.2. The van der Waals surface area contributed by atoms with E-state index in [4.69, 9.17) is 22.5 Å². The van der Waals surface area contributed by atoms with E-state index in [2.05, 4.69) is 10.1 Å². The third-order valence-corrected chi connectivity index (χ3v) is 1.71. The lowest BCUT2D eigenvalue weighted by Crippen LogP contribution is -2.25.